The molecule has 0 aromatic carbocycles. The van der Waals surface area contributed by atoms with Crippen molar-refractivity contribution in [3.05, 3.63) is 0 Å². The molecule has 0 bridgehead atoms. The molecule has 0 fully saturated rings. The Balaban J connectivity index is 3.76. The summed E-state index contributed by atoms with van der Waals surface area (Å²) in [5.41, 5.74) is -0.565. The van der Waals surface area contributed by atoms with Crippen molar-refractivity contribution in [2.24, 2.45) is 0 Å². The monoisotopic (exact) mass is 249 g/mol. The van der Waals surface area contributed by atoms with Crippen LogP contribution in [0.4, 0.5) is 4.79 Å². The van der Waals surface area contributed by atoms with E-state index >= 15 is 0 Å². The van der Waals surface area contributed by atoms with Crippen molar-refractivity contribution in [3.8, 4) is 0 Å². The van der Waals surface area contributed by atoms with Gasteiger partial charge in [0.1, 0.15) is 5.60 Å². The van der Waals surface area contributed by atoms with Crippen LogP contribution in [0.2, 0.25) is 0 Å². The van der Waals surface area contributed by atoms with Crippen LogP contribution < -0.4 is 5.32 Å². The van der Waals surface area contributed by atoms with Crippen LogP contribution >= 0.6 is 0 Å². The standard InChI is InChI=1S/C11H23NO5/c1-11(2,3)17-10(15)12-6-8(13)5-9(14)7-16-4/h8-9,13-14H,5-7H2,1-4H3,(H,12,15)/t8?,9-/m1/s1. The number of rotatable bonds is 6. The summed E-state index contributed by atoms with van der Waals surface area (Å²) in [7, 11) is 1.47. The molecule has 0 aliphatic carbocycles. The fourth-order valence-corrected chi connectivity index (χ4v) is 1.17. The molecule has 0 aromatic rings. The van der Waals surface area contributed by atoms with E-state index in [1.165, 1.54) is 7.11 Å². The van der Waals surface area contributed by atoms with E-state index in [1.54, 1.807) is 20.8 Å². The lowest BCUT2D eigenvalue weighted by molar-refractivity contribution is 0.0209. The second-order valence-electron chi connectivity index (χ2n) is 4.88. The van der Waals surface area contributed by atoms with Crippen molar-refractivity contribution in [1.82, 2.24) is 5.32 Å². The van der Waals surface area contributed by atoms with E-state index in [1.807, 2.05) is 0 Å². The Morgan fingerprint density at radius 2 is 1.88 bits per heavy atom. The van der Waals surface area contributed by atoms with E-state index in [9.17, 15) is 15.0 Å². The van der Waals surface area contributed by atoms with Gasteiger partial charge >= 0.3 is 6.09 Å². The van der Waals surface area contributed by atoms with E-state index < -0.39 is 23.9 Å². The maximum Gasteiger partial charge on any atom is 0.407 e. The zero-order valence-corrected chi connectivity index (χ0v) is 10.9. The Labute approximate surface area is 102 Å². The number of methoxy groups -OCH3 is 1. The van der Waals surface area contributed by atoms with Crippen molar-refractivity contribution in [2.75, 3.05) is 20.3 Å². The fourth-order valence-electron chi connectivity index (χ4n) is 1.17. The van der Waals surface area contributed by atoms with Gasteiger partial charge in [0.25, 0.3) is 0 Å². The number of aliphatic hydroxyl groups excluding tert-OH is 2. The average Bonchev–Trinajstić information content (AvgIpc) is 2.12. The highest BCUT2D eigenvalue weighted by atomic mass is 16.6. The van der Waals surface area contributed by atoms with Crippen LogP contribution in [0.5, 0.6) is 0 Å². The highest BCUT2D eigenvalue weighted by Gasteiger charge is 2.17. The Kier molecular flexibility index (Phi) is 7.10. The van der Waals surface area contributed by atoms with Crippen molar-refractivity contribution in [1.29, 1.82) is 0 Å². The summed E-state index contributed by atoms with van der Waals surface area (Å²) in [5, 5.41) is 21.3. The van der Waals surface area contributed by atoms with Crippen molar-refractivity contribution < 1.29 is 24.5 Å². The van der Waals surface area contributed by atoms with Gasteiger partial charge in [0.05, 0.1) is 18.8 Å². The lowest BCUT2D eigenvalue weighted by atomic mass is 10.1. The maximum atomic E-state index is 11.2. The summed E-state index contributed by atoms with van der Waals surface area (Å²) in [6.45, 7) is 5.46. The van der Waals surface area contributed by atoms with Gasteiger partial charge in [-0.05, 0) is 20.8 Å². The summed E-state index contributed by atoms with van der Waals surface area (Å²) in [6.07, 6.45) is -2.01. The minimum Gasteiger partial charge on any atom is -0.444 e. The molecule has 1 amide bonds. The minimum atomic E-state index is -0.826. The summed E-state index contributed by atoms with van der Waals surface area (Å²) in [5.74, 6) is 0. The molecule has 0 aliphatic heterocycles. The molecule has 0 heterocycles. The van der Waals surface area contributed by atoms with Crippen LogP contribution in [-0.2, 0) is 9.47 Å². The Morgan fingerprint density at radius 1 is 1.29 bits per heavy atom. The van der Waals surface area contributed by atoms with Crippen molar-refractivity contribution in [3.63, 3.8) is 0 Å². The summed E-state index contributed by atoms with van der Waals surface area (Å²) < 4.78 is 9.72. The molecule has 102 valence electrons. The normalized spacial score (nSPS) is 15.2. The predicted octanol–water partition coefficient (Wildman–Crippen LogP) is 0.269. The minimum absolute atomic E-state index is 0.0374. The molecule has 1 unspecified atom stereocenters. The van der Waals surface area contributed by atoms with Gasteiger partial charge in [0, 0.05) is 20.1 Å². The van der Waals surface area contributed by atoms with Crippen LogP contribution in [0.15, 0.2) is 0 Å². The lowest BCUT2D eigenvalue weighted by Gasteiger charge is -2.21. The molecular formula is C11H23NO5. The van der Waals surface area contributed by atoms with Gasteiger partial charge in [-0.3, -0.25) is 0 Å². The van der Waals surface area contributed by atoms with E-state index in [4.69, 9.17) is 9.47 Å². The third-order valence-electron chi connectivity index (χ3n) is 1.78. The lowest BCUT2D eigenvalue weighted by Crippen LogP contribution is -2.38. The summed E-state index contributed by atoms with van der Waals surface area (Å²) >= 11 is 0. The number of nitrogens with one attached hydrogen (secondary N) is 1. The third-order valence-corrected chi connectivity index (χ3v) is 1.78. The molecule has 0 radical (unpaired) electrons. The molecule has 0 aliphatic rings. The second kappa shape index (κ2) is 7.47. The smallest absolute Gasteiger partial charge is 0.407 e. The number of hydrogen-bond acceptors (Lipinski definition) is 5. The highest BCUT2D eigenvalue weighted by molar-refractivity contribution is 5.67. The zero-order valence-electron chi connectivity index (χ0n) is 10.9. The number of carbonyl (C=O) groups excluding carboxylic acids is 1. The number of hydrogen-bond donors (Lipinski definition) is 3. The second-order valence-corrected chi connectivity index (χ2v) is 4.88. The van der Waals surface area contributed by atoms with Crippen LogP contribution in [-0.4, -0.2) is 54.4 Å². The Hall–Kier alpha value is -0.850. The van der Waals surface area contributed by atoms with Gasteiger partial charge < -0.3 is 25.0 Å². The van der Waals surface area contributed by atoms with E-state index in [2.05, 4.69) is 5.32 Å². The topological polar surface area (TPSA) is 88.0 Å². The first-order valence-electron chi connectivity index (χ1n) is 5.56. The molecule has 6 heteroatoms. The van der Waals surface area contributed by atoms with E-state index in [-0.39, 0.29) is 19.6 Å². The molecule has 0 saturated carbocycles. The predicted molar refractivity (Wildman–Crippen MR) is 62.7 cm³/mol. The number of amides is 1. The highest BCUT2D eigenvalue weighted by Crippen LogP contribution is 2.06. The molecule has 0 rings (SSSR count). The summed E-state index contributed by atoms with van der Waals surface area (Å²) in [4.78, 5) is 11.2. The molecule has 3 N–H and O–H groups in total. The largest absolute Gasteiger partial charge is 0.444 e. The Morgan fingerprint density at radius 3 is 2.35 bits per heavy atom. The molecule has 2 atom stereocenters. The molecular weight excluding hydrogens is 226 g/mol. The van der Waals surface area contributed by atoms with E-state index in [0.717, 1.165) is 0 Å². The van der Waals surface area contributed by atoms with Crippen LogP contribution in [0.1, 0.15) is 27.2 Å². The first-order chi connectivity index (χ1) is 7.74. The molecule has 0 aromatic heterocycles. The van der Waals surface area contributed by atoms with Crippen molar-refractivity contribution >= 4 is 6.09 Å². The zero-order chi connectivity index (χ0) is 13.5. The first-order valence-corrected chi connectivity index (χ1v) is 5.56. The quantitative estimate of drug-likeness (QED) is 0.629. The fraction of sp³-hybridized carbons (Fsp3) is 0.909. The molecule has 0 saturated heterocycles. The van der Waals surface area contributed by atoms with Gasteiger partial charge in [-0.15, -0.1) is 0 Å². The molecule has 0 spiro atoms. The van der Waals surface area contributed by atoms with Gasteiger partial charge in [-0.25, -0.2) is 4.79 Å². The van der Waals surface area contributed by atoms with Gasteiger partial charge in [-0.1, -0.05) is 0 Å². The number of aliphatic hydroxyl groups is 2. The number of alkyl carbamates (subject to hydrolysis) is 1. The van der Waals surface area contributed by atoms with Crippen LogP contribution in [0.3, 0.4) is 0 Å². The molecule has 6 nitrogen and oxygen atoms in total. The Bertz CT molecular complexity index is 226. The van der Waals surface area contributed by atoms with Gasteiger partial charge in [0.15, 0.2) is 0 Å². The summed E-state index contributed by atoms with van der Waals surface area (Å²) in [6, 6.07) is 0. The molecule has 17 heavy (non-hydrogen) atoms. The van der Waals surface area contributed by atoms with Gasteiger partial charge in [-0.2, -0.15) is 0 Å². The van der Waals surface area contributed by atoms with Gasteiger partial charge in [0.2, 0.25) is 0 Å². The van der Waals surface area contributed by atoms with Crippen LogP contribution in [0.25, 0.3) is 0 Å². The first kappa shape index (κ1) is 16.1. The third kappa shape index (κ3) is 10.0. The SMILES string of the molecule is COC[C@H](O)CC(O)CNC(=O)OC(C)(C)C. The number of carbonyl (C=O) groups is 1. The van der Waals surface area contributed by atoms with Crippen molar-refractivity contribution in [2.45, 2.75) is 45.0 Å². The maximum absolute atomic E-state index is 11.2. The average molecular weight is 249 g/mol. The van der Waals surface area contributed by atoms with Crippen LogP contribution in [0, 0.1) is 0 Å². The number of ether oxygens (including phenoxy) is 2. The van der Waals surface area contributed by atoms with E-state index in [0.29, 0.717) is 0 Å².